The molecule has 0 aliphatic heterocycles. The molecule has 6 nitrogen and oxygen atoms in total. The van der Waals surface area contributed by atoms with Gasteiger partial charge in [0.05, 0.1) is 19.1 Å². The van der Waals surface area contributed by atoms with Crippen LogP contribution in [0.1, 0.15) is 24.8 Å². The lowest BCUT2D eigenvalue weighted by atomic mass is 10.1. The fourth-order valence-corrected chi connectivity index (χ4v) is 2.62. The molecule has 0 heterocycles. The highest BCUT2D eigenvalue weighted by Crippen LogP contribution is 2.48. The number of aliphatic hydroxyl groups is 1. The van der Waals surface area contributed by atoms with E-state index in [0.717, 1.165) is 5.56 Å². The second-order valence-corrected chi connectivity index (χ2v) is 5.51. The van der Waals surface area contributed by atoms with E-state index in [1.807, 2.05) is 30.3 Å². The van der Waals surface area contributed by atoms with Gasteiger partial charge in [-0.05, 0) is 24.3 Å². The molecule has 1 aromatic rings. The van der Waals surface area contributed by atoms with E-state index in [1.54, 1.807) is 0 Å². The summed E-state index contributed by atoms with van der Waals surface area (Å²) in [6.45, 7) is 0.194. The number of hydrogen-bond donors (Lipinski definition) is 2. The standard InChI is InChI=1S/C16H21NO5/c1-21-14(19)10-16(9-13(16)7-8-18)17-15(20)22-11-12-5-3-2-4-6-12/h2-6,13,18H,7-11H2,1H3,(H,17,20)/t13-,16+/m1/s1. The average molecular weight is 307 g/mol. The third kappa shape index (κ3) is 4.21. The van der Waals surface area contributed by atoms with Gasteiger partial charge >= 0.3 is 12.1 Å². The lowest BCUT2D eigenvalue weighted by Gasteiger charge is -2.18. The quantitative estimate of drug-likeness (QED) is 0.748. The molecule has 0 spiro atoms. The summed E-state index contributed by atoms with van der Waals surface area (Å²) in [5.74, 6) is -0.315. The minimum absolute atomic E-state index is 0.0222. The van der Waals surface area contributed by atoms with Gasteiger partial charge in [-0.25, -0.2) is 4.79 Å². The normalized spacial score (nSPS) is 22.7. The third-order valence-electron chi connectivity index (χ3n) is 3.96. The summed E-state index contributed by atoms with van der Waals surface area (Å²) < 4.78 is 9.85. The zero-order valence-corrected chi connectivity index (χ0v) is 12.6. The largest absolute Gasteiger partial charge is 0.469 e. The number of rotatable bonds is 7. The van der Waals surface area contributed by atoms with Crippen molar-refractivity contribution in [2.24, 2.45) is 5.92 Å². The average Bonchev–Trinajstić information content (AvgIpc) is 3.18. The van der Waals surface area contributed by atoms with E-state index < -0.39 is 11.6 Å². The van der Waals surface area contributed by atoms with Crippen molar-refractivity contribution in [3.63, 3.8) is 0 Å². The van der Waals surface area contributed by atoms with Gasteiger partial charge in [-0.2, -0.15) is 0 Å². The second kappa shape index (κ2) is 7.26. The Morgan fingerprint density at radius 3 is 2.73 bits per heavy atom. The number of ether oxygens (including phenoxy) is 2. The van der Waals surface area contributed by atoms with Crippen molar-refractivity contribution in [3.8, 4) is 0 Å². The van der Waals surface area contributed by atoms with Crippen LogP contribution >= 0.6 is 0 Å². The fourth-order valence-electron chi connectivity index (χ4n) is 2.62. The van der Waals surface area contributed by atoms with Gasteiger partial charge in [-0.3, -0.25) is 4.79 Å². The Morgan fingerprint density at radius 1 is 1.36 bits per heavy atom. The zero-order chi connectivity index (χ0) is 16.0. The molecule has 6 heteroatoms. The molecule has 0 aromatic heterocycles. The topological polar surface area (TPSA) is 84.9 Å². The van der Waals surface area contributed by atoms with Gasteiger partial charge in [-0.15, -0.1) is 0 Å². The molecular formula is C16H21NO5. The lowest BCUT2D eigenvalue weighted by molar-refractivity contribution is -0.141. The highest BCUT2D eigenvalue weighted by atomic mass is 16.5. The SMILES string of the molecule is COC(=O)C[C@@]1(NC(=O)OCc2ccccc2)C[C@H]1CCO. The minimum atomic E-state index is -0.649. The summed E-state index contributed by atoms with van der Waals surface area (Å²) in [4.78, 5) is 23.4. The van der Waals surface area contributed by atoms with E-state index in [1.165, 1.54) is 7.11 Å². The highest BCUT2D eigenvalue weighted by Gasteiger charge is 2.56. The number of hydrogen-bond acceptors (Lipinski definition) is 5. The molecule has 0 bridgehead atoms. The molecule has 0 saturated heterocycles. The Kier molecular flexibility index (Phi) is 5.38. The van der Waals surface area contributed by atoms with Crippen LogP contribution in [0.15, 0.2) is 30.3 Å². The van der Waals surface area contributed by atoms with Gasteiger partial charge in [0.15, 0.2) is 0 Å². The molecule has 22 heavy (non-hydrogen) atoms. The van der Waals surface area contributed by atoms with E-state index in [9.17, 15) is 9.59 Å². The summed E-state index contributed by atoms with van der Waals surface area (Å²) in [5, 5.41) is 11.8. The third-order valence-corrected chi connectivity index (χ3v) is 3.96. The van der Waals surface area contributed by atoms with Crippen molar-refractivity contribution >= 4 is 12.1 Å². The molecule has 2 N–H and O–H groups in total. The van der Waals surface area contributed by atoms with Crippen molar-refractivity contribution in [1.29, 1.82) is 0 Å². The monoisotopic (exact) mass is 307 g/mol. The number of carbonyl (C=O) groups is 2. The molecule has 0 radical (unpaired) electrons. The molecule has 1 aromatic carbocycles. The van der Waals surface area contributed by atoms with Crippen LogP contribution in [-0.4, -0.2) is 36.4 Å². The van der Waals surface area contributed by atoms with Crippen LogP contribution in [0, 0.1) is 5.92 Å². The maximum atomic E-state index is 11.9. The maximum Gasteiger partial charge on any atom is 0.407 e. The number of esters is 1. The van der Waals surface area contributed by atoms with Crippen LogP contribution in [0.3, 0.4) is 0 Å². The van der Waals surface area contributed by atoms with Crippen molar-refractivity contribution in [2.45, 2.75) is 31.4 Å². The number of nitrogens with one attached hydrogen (secondary N) is 1. The summed E-state index contributed by atoms with van der Waals surface area (Å²) in [5.41, 5.74) is 0.242. The van der Waals surface area contributed by atoms with Crippen molar-refractivity contribution in [1.82, 2.24) is 5.32 Å². The number of methoxy groups -OCH3 is 1. The first kappa shape index (κ1) is 16.3. The van der Waals surface area contributed by atoms with Crippen LogP contribution in [0.2, 0.25) is 0 Å². The molecule has 1 saturated carbocycles. The first-order valence-corrected chi connectivity index (χ1v) is 7.26. The zero-order valence-electron chi connectivity index (χ0n) is 12.6. The van der Waals surface area contributed by atoms with Gasteiger partial charge in [0.25, 0.3) is 0 Å². The van der Waals surface area contributed by atoms with Crippen molar-refractivity contribution < 1.29 is 24.2 Å². The molecule has 2 atom stereocenters. The Bertz CT molecular complexity index is 519. The molecule has 1 amide bonds. The summed E-state index contributed by atoms with van der Waals surface area (Å²) in [6.07, 6.45) is 0.710. The predicted octanol–water partition coefficient (Wildman–Crippen LogP) is 1.62. The Balaban J connectivity index is 1.87. The first-order chi connectivity index (χ1) is 10.6. The van der Waals surface area contributed by atoms with Gasteiger partial charge < -0.3 is 19.9 Å². The molecule has 1 fully saturated rings. The van der Waals surface area contributed by atoms with Crippen molar-refractivity contribution in [3.05, 3.63) is 35.9 Å². The van der Waals surface area contributed by atoms with Crippen LogP contribution in [0.5, 0.6) is 0 Å². The number of amides is 1. The van der Waals surface area contributed by atoms with E-state index in [2.05, 4.69) is 10.1 Å². The lowest BCUT2D eigenvalue weighted by Crippen LogP contribution is -2.41. The minimum Gasteiger partial charge on any atom is -0.469 e. The smallest absolute Gasteiger partial charge is 0.407 e. The summed E-state index contributed by atoms with van der Waals surface area (Å²) in [6, 6.07) is 9.35. The van der Waals surface area contributed by atoms with Gasteiger partial charge in [0.1, 0.15) is 6.61 Å². The van der Waals surface area contributed by atoms with Gasteiger partial charge in [-0.1, -0.05) is 30.3 Å². The highest BCUT2D eigenvalue weighted by molar-refractivity contribution is 5.75. The number of carbonyl (C=O) groups excluding carboxylic acids is 2. The number of aliphatic hydroxyl groups excluding tert-OH is 1. The van der Waals surface area contributed by atoms with E-state index in [-0.39, 0.29) is 31.5 Å². The van der Waals surface area contributed by atoms with Crippen molar-refractivity contribution in [2.75, 3.05) is 13.7 Å². The van der Waals surface area contributed by atoms with Crippen LogP contribution in [0.25, 0.3) is 0 Å². The molecular weight excluding hydrogens is 286 g/mol. The summed E-state index contributed by atoms with van der Waals surface area (Å²) in [7, 11) is 1.31. The van der Waals surface area contributed by atoms with E-state index in [0.29, 0.717) is 12.8 Å². The number of benzene rings is 1. The molecule has 120 valence electrons. The number of alkyl carbamates (subject to hydrolysis) is 1. The van der Waals surface area contributed by atoms with E-state index in [4.69, 9.17) is 9.84 Å². The molecule has 1 aliphatic carbocycles. The first-order valence-electron chi connectivity index (χ1n) is 7.26. The summed E-state index contributed by atoms with van der Waals surface area (Å²) >= 11 is 0. The van der Waals surface area contributed by atoms with Crippen LogP contribution in [0.4, 0.5) is 4.79 Å². The Morgan fingerprint density at radius 2 is 2.09 bits per heavy atom. The maximum absolute atomic E-state index is 11.9. The van der Waals surface area contributed by atoms with Crippen LogP contribution in [-0.2, 0) is 20.9 Å². The fraction of sp³-hybridized carbons (Fsp3) is 0.500. The van der Waals surface area contributed by atoms with Crippen LogP contribution < -0.4 is 5.32 Å². The van der Waals surface area contributed by atoms with E-state index >= 15 is 0 Å². The molecule has 0 unspecified atom stereocenters. The van der Waals surface area contributed by atoms with Gasteiger partial charge in [0.2, 0.25) is 0 Å². The Labute approximate surface area is 129 Å². The molecule has 2 rings (SSSR count). The second-order valence-electron chi connectivity index (χ2n) is 5.51. The van der Waals surface area contributed by atoms with Gasteiger partial charge in [0, 0.05) is 6.61 Å². The molecule has 1 aliphatic rings. The predicted molar refractivity (Wildman–Crippen MR) is 78.9 cm³/mol. The Hall–Kier alpha value is -2.08.